The van der Waals surface area contributed by atoms with E-state index in [0.29, 0.717) is 17.5 Å². The number of hydrogen-bond acceptors (Lipinski definition) is 3. The second-order valence-electron chi connectivity index (χ2n) is 5.02. The van der Waals surface area contributed by atoms with Crippen molar-refractivity contribution in [2.75, 3.05) is 5.32 Å². The van der Waals surface area contributed by atoms with Gasteiger partial charge in [0.05, 0.1) is 17.4 Å². The Morgan fingerprint density at radius 2 is 1.64 bits per heavy atom. The summed E-state index contributed by atoms with van der Waals surface area (Å²) >= 11 is 0. The molecule has 0 bridgehead atoms. The number of aromatic nitrogens is 1. The van der Waals surface area contributed by atoms with Gasteiger partial charge in [-0.3, -0.25) is 4.79 Å². The highest BCUT2D eigenvalue weighted by Crippen LogP contribution is 2.21. The van der Waals surface area contributed by atoms with Crippen molar-refractivity contribution in [3.8, 4) is 11.6 Å². The summed E-state index contributed by atoms with van der Waals surface area (Å²) in [5.74, 6) is -2.20. The number of carbonyl (C=O) groups is 1. The molecule has 4 nitrogen and oxygen atoms in total. The van der Waals surface area contributed by atoms with Crippen molar-refractivity contribution in [1.29, 1.82) is 0 Å². The number of pyridine rings is 1. The number of halogens is 3. The molecule has 1 aromatic heterocycles. The molecular weight excluding hydrogens is 333 g/mol. The van der Waals surface area contributed by atoms with Gasteiger partial charge in [0, 0.05) is 12.1 Å². The number of nitrogens with zero attached hydrogens (tertiary/aromatic N) is 1. The summed E-state index contributed by atoms with van der Waals surface area (Å²) in [6.07, 6.45) is 1.32. The minimum Gasteiger partial charge on any atom is -0.439 e. The molecule has 1 heterocycles. The number of carbonyl (C=O) groups excluding carboxylic acids is 1. The molecule has 0 saturated carbocycles. The van der Waals surface area contributed by atoms with Crippen LogP contribution in [0.1, 0.15) is 10.4 Å². The monoisotopic (exact) mass is 344 g/mol. The first-order chi connectivity index (χ1) is 12.0. The van der Waals surface area contributed by atoms with Gasteiger partial charge in [0.15, 0.2) is 0 Å². The van der Waals surface area contributed by atoms with Crippen molar-refractivity contribution in [3.05, 3.63) is 83.8 Å². The maximum absolute atomic E-state index is 13.6. The average molecular weight is 344 g/mol. The molecule has 126 valence electrons. The molecule has 0 aliphatic rings. The average Bonchev–Trinajstić information content (AvgIpc) is 2.58. The van der Waals surface area contributed by atoms with Gasteiger partial charge in [-0.05, 0) is 42.5 Å². The van der Waals surface area contributed by atoms with Gasteiger partial charge in [-0.1, -0.05) is 0 Å². The molecule has 0 spiro atoms. The second kappa shape index (κ2) is 7.04. The first-order valence-electron chi connectivity index (χ1n) is 7.17. The van der Waals surface area contributed by atoms with Crippen LogP contribution in [0.25, 0.3) is 0 Å². The van der Waals surface area contributed by atoms with Crippen LogP contribution in [0, 0.1) is 17.5 Å². The van der Waals surface area contributed by atoms with Crippen LogP contribution in [0.3, 0.4) is 0 Å². The zero-order chi connectivity index (χ0) is 17.8. The number of ether oxygens (including phenoxy) is 1. The van der Waals surface area contributed by atoms with E-state index in [4.69, 9.17) is 4.74 Å². The lowest BCUT2D eigenvalue weighted by atomic mass is 10.2. The van der Waals surface area contributed by atoms with E-state index < -0.39 is 17.5 Å². The summed E-state index contributed by atoms with van der Waals surface area (Å²) in [6, 6.07) is 11.1. The van der Waals surface area contributed by atoms with E-state index in [1.165, 1.54) is 42.6 Å². The number of benzene rings is 2. The predicted octanol–water partition coefficient (Wildman–Crippen LogP) is 4.54. The highest BCUT2D eigenvalue weighted by atomic mass is 19.1. The molecule has 1 N–H and O–H groups in total. The van der Waals surface area contributed by atoms with Gasteiger partial charge >= 0.3 is 0 Å². The maximum atomic E-state index is 13.6. The molecule has 7 heteroatoms. The van der Waals surface area contributed by atoms with Gasteiger partial charge in [-0.15, -0.1) is 0 Å². The number of nitrogens with one attached hydrogen (secondary N) is 1. The van der Waals surface area contributed by atoms with E-state index in [2.05, 4.69) is 10.3 Å². The summed E-state index contributed by atoms with van der Waals surface area (Å²) < 4.78 is 44.7. The molecule has 0 aliphatic heterocycles. The summed E-state index contributed by atoms with van der Waals surface area (Å²) in [6.45, 7) is 0. The third-order valence-electron chi connectivity index (χ3n) is 3.21. The zero-order valence-electron chi connectivity index (χ0n) is 12.7. The van der Waals surface area contributed by atoms with Crippen molar-refractivity contribution >= 4 is 11.6 Å². The standard InChI is InChI=1S/C18H11F3N2O2/c19-11-1-5-14(6-2-11)25-17-8-4-13(10-22-17)23-18(24)15-7-3-12(20)9-16(15)21/h1-10H,(H,23,24). The smallest absolute Gasteiger partial charge is 0.258 e. The normalized spacial score (nSPS) is 10.4. The van der Waals surface area contributed by atoms with Crippen LogP contribution in [0.4, 0.5) is 18.9 Å². The lowest BCUT2D eigenvalue weighted by Crippen LogP contribution is -2.14. The van der Waals surface area contributed by atoms with Gasteiger partial charge in [0.1, 0.15) is 23.2 Å². The summed E-state index contributed by atoms with van der Waals surface area (Å²) in [7, 11) is 0. The Hall–Kier alpha value is -3.35. The van der Waals surface area contributed by atoms with Gasteiger partial charge in [-0.25, -0.2) is 18.2 Å². The Morgan fingerprint density at radius 1 is 0.920 bits per heavy atom. The highest BCUT2D eigenvalue weighted by Gasteiger charge is 2.13. The van der Waals surface area contributed by atoms with E-state index >= 15 is 0 Å². The van der Waals surface area contributed by atoms with E-state index in [1.807, 2.05) is 0 Å². The molecule has 3 aromatic rings. The lowest BCUT2D eigenvalue weighted by molar-refractivity contribution is 0.102. The van der Waals surface area contributed by atoms with Crippen LogP contribution in [-0.2, 0) is 0 Å². The molecule has 25 heavy (non-hydrogen) atoms. The van der Waals surface area contributed by atoms with E-state index in [1.54, 1.807) is 0 Å². The molecule has 0 saturated heterocycles. The molecule has 0 atom stereocenters. The van der Waals surface area contributed by atoms with E-state index in [9.17, 15) is 18.0 Å². The first kappa shape index (κ1) is 16.5. The molecule has 0 radical (unpaired) electrons. The number of anilines is 1. The molecule has 3 rings (SSSR count). The van der Waals surface area contributed by atoms with E-state index in [-0.39, 0.29) is 17.3 Å². The fraction of sp³-hybridized carbons (Fsp3) is 0. The van der Waals surface area contributed by atoms with Crippen molar-refractivity contribution in [1.82, 2.24) is 4.98 Å². The van der Waals surface area contributed by atoms with Gasteiger partial charge in [-0.2, -0.15) is 0 Å². The molecule has 0 unspecified atom stereocenters. The predicted molar refractivity (Wildman–Crippen MR) is 85.0 cm³/mol. The number of amides is 1. The van der Waals surface area contributed by atoms with Crippen LogP contribution < -0.4 is 10.1 Å². The largest absolute Gasteiger partial charge is 0.439 e. The van der Waals surface area contributed by atoms with Crippen LogP contribution in [0.2, 0.25) is 0 Å². The zero-order valence-corrected chi connectivity index (χ0v) is 12.7. The third-order valence-corrected chi connectivity index (χ3v) is 3.21. The fourth-order valence-electron chi connectivity index (χ4n) is 2.01. The summed E-state index contributed by atoms with van der Waals surface area (Å²) in [5.41, 5.74) is 0.0215. The molecule has 2 aromatic carbocycles. The van der Waals surface area contributed by atoms with Crippen LogP contribution in [-0.4, -0.2) is 10.9 Å². The van der Waals surface area contributed by atoms with Crippen molar-refractivity contribution in [2.45, 2.75) is 0 Å². The topological polar surface area (TPSA) is 51.2 Å². The minimum atomic E-state index is -0.957. The number of rotatable bonds is 4. The molecule has 0 aliphatic carbocycles. The number of hydrogen-bond donors (Lipinski definition) is 1. The van der Waals surface area contributed by atoms with Crippen molar-refractivity contribution in [3.63, 3.8) is 0 Å². The highest BCUT2D eigenvalue weighted by molar-refractivity contribution is 6.04. The van der Waals surface area contributed by atoms with Gasteiger partial charge in [0.2, 0.25) is 5.88 Å². The van der Waals surface area contributed by atoms with Crippen molar-refractivity contribution < 1.29 is 22.7 Å². The quantitative estimate of drug-likeness (QED) is 0.756. The third kappa shape index (κ3) is 4.14. The Labute approximate surface area is 140 Å². The summed E-state index contributed by atoms with van der Waals surface area (Å²) in [4.78, 5) is 16.0. The minimum absolute atomic E-state index is 0.234. The molecular formula is C18H11F3N2O2. The lowest BCUT2D eigenvalue weighted by Gasteiger charge is -2.08. The molecule has 0 fully saturated rings. The van der Waals surface area contributed by atoms with Crippen LogP contribution >= 0.6 is 0 Å². The first-order valence-corrected chi connectivity index (χ1v) is 7.17. The van der Waals surface area contributed by atoms with E-state index in [0.717, 1.165) is 12.1 Å². The van der Waals surface area contributed by atoms with Crippen LogP contribution in [0.15, 0.2) is 60.8 Å². The summed E-state index contributed by atoms with van der Waals surface area (Å²) in [5, 5.41) is 2.45. The van der Waals surface area contributed by atoms with Crippen LogP contribution in [0.5, 0.6) is 11.6 Å². The fourth-order valence-corrected chi connectivity index (χ4v) is 2.01. The molecule has 1 amide bonds. The van der Waals surface area contributed by atoms with Crippen molar-refractivity contribution in [2.24, 2.45) is 0 Å². The Morgan fingerprint density at radius 3 is 2.28 bits per heavy atom. The second-order valence-corrected chi connectivity index (χ2v) is 5.02. The maximum Gasteiger partial charge on any atom is 0.258 e. The Balaban J connectivity index is 1.67. The van der Waals surface area contributed by atoms with Gasteiger partial charge < -0.3 is 10.1 Å². The Kier molecular flexibility index (Phi) is 4.65. The SMILES string of the molecule is O=C(Nc1ccc(Oc2ccc(F)cc2)nc1)c1ccc(F)cc1F. The van der Waals surface area contributed by atoms with Gasteiger partial charge in [0.25, 0.3) is 5.91 Å². The Bertz CT molecular complexity index is 897.